The highest BCUT2D eigenvalue weighted by molar-refractivity contribution is 7.92. The highest BCUT2D eigenvalue weighted by Gasteiger charge is 2.29. The molecule has 0 spiro atoms. The normalized spacial score (nSPS) is 10.9. The molecule has 7 nitrogen and oxygen atoms in total. The zero-order chi connectivity index (χ0) is 19.9. The molecule has 0 aliphatic heterocycles. The average Bonchev–Trinajstić information content (AvgIpc) is 2.67. The van der Waals surface area contributed by atoms with Crippen molar-refractivity contribution in [1.29, 1.82) is 0 Å². The van der Waals surface area contributed by atoms with Crippen LogP contribution in [0.25, 0.3) is 0 Å². The maximum Gasteiger partial charge on any atom is 0.326 e. The Morgan fingerprint density at radius 2 is 1.67 bits per heavy atom. The Kier molecular flexibility index (Phi) is 7.06. The van der Waals surface area contributed by atoms with E-state index in [0.717, 1.165) is 4.31 Å². The van der Waals surface area contributed by atoms with Gasteiger partial charge in [0, 0.05) is 0 Å². The largest absolute Gasteiger partial charge is 0.495 e. The van der Waals surface area contributed by atoms with E-state index in [4.69, 9.17) is 14.2 Å². The molecular formula is C19H23NO6S. The third-order valence-corrected chi connectivity index (χ3v) is 5.43. The predicted molar refractivity (Wildman–Crippen MR) is 102 cm³/mol. The molecule has 8 heteroatoms. The Bertz CT molecular complexity index is 864. The summed E-state index contributed by atoms with van der Waals surface area (Å²) in [6, 6.07) is 12.6. The summed E-state index contributed by atoms with van der Waals surface area (Å²) in [5, 5.41) is 0. The van der Waals surface area contributed by atoms with E-state index in [1.165, 1.54) is 19.2 Å². The van der Waals surface area contributed by atoms with Gasteiger partial charge in [-0.15, -0.1) is 0 Å². The van der Waals surface area contributed by atoms with Crippen molar-refractivity contribution in [2.24, 2.45) is 0 Å². The van der Waals surface area contributed by atoms with Crippen molar-refractivity contribution in [3.63, 3.8) is 0 Å². The van der Waals surface area contributed by atoms with Gasteiger partial charge in [0.1, 0.15) is 18.0 Å². The molecule has 2 aromatic carbocycles. The molecule has 0 saturated heterocycles. The minimum Gasteiger partial charge on any atom is -0.495 e. The molecule has 0 aliphatic rings. The smallest absolute Gasteiger partial charge is 0.326 e. The zero-order valence-electron chi connectivity index (χ0n) is 15.5. The van der Waals surface area contributed by atoms with Gasteiger partial charge in [-0.25, -0.2) is 8.42 Å². The number of methoxy groups -OCH3 is 1. The zero-order valence-corrected chi connectivity index (χ0v) is 16.4. The van der Waals surface area contributed by atoms with E-state index < -0.39 is 22.5 Å². The number of rotatable bonds is 9. The second-order valence-corrected chi connectivity index (χ2v) is 7.26. The Morgan fingerprint density at radius 1 is 1.00 bits per heavy atom. The summed E-state index contributed by atoms with van der Waals surface area (Å²) in [7, 11) is -2.60. The van der Waals surface area contributed by atoms with Crippen molar-refractivity contribution in [1.82, 2.24) is 0 Å². The van der Waals surface area contributed by atoms with Crippen LogP contribution < -0.4 is 13.8 Å². The highest BCUT2D eigenvalue weighted by Crippen LogP contribution is 2.32. The van der Waals surface area contributed by atoms with Gasteiger partial charge in [0.2, 0.25) is 0 Å². The van der Waals surface area contributed by atoms with Crippen LogP contribution >= 0.6 is 0 Å². The first-order valence-electron chi connectivity index (χ1n) is 8.48. The van der Waals surface area contributed by atoms with Crippen molar-refractivity contribution in [3.8, 4) is 11.5 Å². The second kappa shape index (κ2) is 9.27. The van der Waals surface area contributed by atoms with Crippen LogP contribution in [0.1, 0.15) is 13.8 Å². The number of nitrogens with zero attached hydrogens (tertiary/aromatic N) is 1. The molecule has 27 heavy (non-hydrogen) atoms. The van der Waals surface area contributed by atoms with E-state index in [9.17, 15) is 13.2 Å². The van der Waals surface area contributed by atoms with Crippen molar-refractivity contribution in [3.05, 3.63) is 48.5 Å². The lowest BCUT2D eigenvalue weighted by Crippen LogP contribution is -2.36. The average molecular weight is 393 g/mol. The summed E-state index contributed by atoms with van der Waals surface area (Å²) in [6.45, 7) is 3.66. The van der Waals surface area contributed by atoms with Gasteiger partial charge in [-0.05, 0) is 50.2 Å². The summed E-state index contributed by atoms with van der Waals surface area (Å²) in [4.78, 5) is 12.1. The quantitative estimate of drug-likeness (QED) is 0.610. The van der Waals surface area contributed by atoms with Gasteiger partial charge >= 0.3 is 5.97 Å². The van der Waals surface area contributed by atoms with Crippen molar-refractivity contribution < 1.29 is 27.4 Å². The maximum absolute atomic E-state index is 13.2. The van der Waals surface area contributed by atoms with Crippen molar-refractivity contribution in [2.75, 3.05) is 31.2 Å². The molecule has 0 unspecified atom stereocenters. The number of hydrogen-bond donors (Lipinski definition) is 0. The van der Waals surface area contributed by atoms with Crippen LogP contribution in [0.15, 0.2) is 53.4 Å². The molecule has 0 bridgehead atoms. The van der Waals surface area contributed by atoms with Gasteiger partial charge in [0.05, 0.1) is 30.9 Å². The Labute approximate surface area is 159 Å². The van der Waals surface area contributed by atoms with Gasteiger partial charge in [0.25, 0.3) is 10.0 Å². The summed E-state index contributed by atoms with van der Waals surface area (Å²) in [6.07, 6.45) is 0. The Balaban J connectivity index is 2.49. The number of para-hydroxylation sites is 2. The van der Waals surface area contributed by atoms with E-state index in [-0.39, 0.29) is 17.2 Å². The number of sulfonamides is 1. The van der Waals surface area contributed by atoms with Crippen molar-refractivity contribution in [2.45, 2.75) is 18.7 Å². The van der Waals surface area contributed by atoms with E-state index >= 15 is 0 Å². The van der Waals surface area contributed by atoms with Gasteiger partial charge < -0.3 is 14.2 Å². The van der Waals surface area contributed by atoms with Crippen LogP contribution in [-0.2, 0) is 19.6 Å². The topological polar surface area (TPSA) is 82.1 Å². The lowest BCUT2D eigenvalue weighted by molar-refractivity contribution is -0.141. The van der Waals surface area contributed by atoms with Gasteiger partial charge in [-0.1, -0.05) is 12.1 Å². The van der Waals surface area contributed by atoms with Crippen LogP contribution in [-0.4, -0.2) is 41.3 Å². The highest BCUT2D eigenvalue weighted by atomic mass is 32.2. The summed E-state index contributed by atoms with van der Waals surface area (Å²) >= 11 is 0. The second-order valence-electron chi connectivity index (χ2n) is 5.39. The van der Waals surface area contributed by atoms with Crippen LogP contribution in [0.2, 0.25) is 0 Å². The number of carbonyl (C=O) groups is 1. The maximum atomic E-state index is 13.2. The lowest BCUT2D eigenvalue weighted by atomic mass is 10.3. The standard InChI is InChI=1S/C19H23NO6S/c1-4-25-15-10-12-16(13-11-15)27(22,23)20(14-19(21)26-5-2)17-8-6-7-9-18(17)24-3/h6-13H,4-5,14H2,1-3H3. The predicted octanol–water partition coefficient (Wildman–Crippen LogP) is 2.85. The summed E-state index contributed by atoms with van der Waals surface area (Å²) in [5.41, 5.74) is 0.252. The van der Waals surface area contributed by atoms with Gasteiger partial charge in [0.15, 0.2) is 0 Å². The molecule has 2 rings (SSSR count). The van der Waals surface area contributed by atoms with E-state index in [2.05, 4.69) is 0 Å². The third kappa shape index (κ3) is 4.91. The summed E-state index contributed by atoms with van der Waals surface area (Å²) in [5.74, 6) is 0.236. The first-order chi connectivity index (χ1) is 12.9. The number of esters is 1. The first-order valence-corrected chi connectivity index (χ1v) is 9.92. The fraction of sp³-hybridized carbons (Fsp3) is 0.316. The molecule has 0 atom stereocenters. The van der Waals surface area contributed by atoms with E-state index in [1.807, 2.05) is 6.92 Å². The van der Waals surface area contributed by atoms with E-state index in [0.29, 0.717) is 18.1 Å². The lowest BCUT2D eigenvalue weighted by Gasteiger charge is -2.25. The minimum atomic E-state index is -4.03. The molecule has 0 N–H and O–H groups in total. The molecular weight excluding hydrogens is 370 g/mol. The number of carbonyl (C=O) groups excluding carboxylic acids is 1. The number of ether oxygens (including phenoxy) is 3. The Hall–Kier alpha value is -2.74. The van der Waals surface area contributed by atoms with Gasteiger partial charge in [-0.2, -0.15) is 0 Å². The monoisotopic (exact) mass is 393 g/mol. The van der Waals surface area contributed by atoms with Crippen molar-refractivity contribution >= 4 is 21.7 Å². The molecule has 0 aliphatic carbocycles. The fourth-order valence-electron chi connectivity index (χ4n) is 2.46. The molecule has 0 heterocycles. The van der Waals surface area contributed by atoms with Crippen LogP contribution in [0, 0.1) is 0 Å². The molecule has 146 valence electrons. The molecule has 0 fully saturated rings. The third-order valence-electron chi connectivity index (χ3n) is 3.65. The number of anilines is 1. The SMILES string of the molecule is CCOC(=O)CN(c1ccccc1OC)S(=O)(=O)c1ccc(OCC)cc1. The van der Waals surface area contributed by atoms with E-state index in [1.54, 1.807) is 43.3 Å². The number of hydrogen-bond acceptors (Lipinski definition) is 6. The molecule has 0 radical (unpaired) electrons. The molecule has 0 aromatic heterocycles. The number of benzene rings is 2. The van der Waals surface area contributed by atoms with Crippen LogP contribution in [0.3, 0.4) is 0 Å². The fourth-order valence-corrected chi connectivity index (χ4v) is 3.88. The van der Waals surface area contributed by atoms with Crippen LogP contribution in [0.4, 0.5) is 5.69 Å². The van der Waals surface area contributed by atoms with Crippen LogP contribution in [0.5, 0.6) is 11.5 Å². The first kappa shape index (κ1) is 20.6. The van der Waals surface area contributed by atoms with Gasteiger partial charge in [-0.3, -0.25) is 9.10 Å². The minimum absolute atomic E-state index is 0.0288. The molecule has 0 amide bonds. The summed E-state index contributed by atoms with van der Waals surface area (Å²) < 4.78 is 43.0. The molecule has 2 aromatic rings. The molecule has 0 saturated carbocycles. The Morgan fingerprint density at radius 3 is 2.26 bits per heavy atom.